The maximum Gasteiger partial charge on any atom is 0.191 e. The first kappa shape index (κ1) is 17.7. The highest BCUT2D eigenvalue weighted by Crippen LogP contribution is 2.33. The zero-order valence-electron chi connectivity index (χ0n) is 15.3. The summed E-state index contributed by atoms with van der Waals surface area (Å²) in [4.78, 5) is 8.99. The van der Waals surface area contributed by atoms with Crippen molar-refractivity contribution in [3.8, 4) is 0 Å². The Hall–Kier alpha value is -1.07. The second-order valence-electron chi connectivity index (χ2n) is 7.46. The summed E-state index contributed by atoms with van der Waals surface area (Å²) in [5, 5.41) is 9.25. The molecule has 3 atom stereocenters. The number of thiophene rings is 1. The second kappa shape index (κ2) is 8.34. The van der Waals surface area contributed by atoms with Crippen molar-refractivity contribution in [2.45, 2.75) is 64.6 Å². The third-order valence-corrected chi connectivity index (χ3v) is 5.91. The molecule has 2 N–H and O–H groups in total. The molecule has 2 heterocycles. The Morgan fingerprint density at radius 2 is 2.29 bits per heavy atom. The standard InChI is InChI=1S/C19H32N4S/c1-4-20-19(21-12-14(2)10-18-6-5-9-24-18)22-16-11-15(3)23(13-16)17-7-8-17/h5-6,9,14-17H,4,7-8,10-13H2,1-3H3,(H2,20,21,22). The van der Waals surface area contributed by atoms with E-state index in [0.717, 1.165) is 31.5 Å². The van der Waals surface area contributed by atoms with Crippen LogP contribution in [0.4, 0.5) is 0 Å². The molecule has 1 aliphatic heterocycles. The molecule has 1 aromatic rings. The van der Waals surface area contributed by atoms with Crippen LogP contribution in [0, 0.1) is 5.92 Å². The fourth-order valence-electron chi connectivity index (χ4n) is 3.67. The fourth-order valence-corrected chi connectivity index (χ4v) is 4.54. The van der Waals surface area contributed by atoms with Gasteiger partial charge < -0.3 is 10.6 Å². The Bertz CT molecular complexity index is 523. The molecule has 0 aromatic carbocycles. The fraction of sp³-hybridized carbons (Fsp3) is 0.737. The van der Waals surface area contributed by atoms with E-state index in [2.05, 4.69) is 53.8 Å². The third kappa shape index (κ3) is 4.96. The van der Waals surface area contributed by atoms with E-state index >= 15 is 0 Å². The van der Waals surface area contributed by atoms with Crippen molar-refractivity contribution in [2.75, 3.05) is 19.6 Å². The van der Waals surface area contributed by atoms with Crippen LogP contribution in [0.15, 0.2) is 22.5 Å². The number of hydrogen-bond donors (Lipinski definition) is 2. The van der Waals surface area contributed by atoms with E-state index in [1.165, 1.54) is 30.7 Å². The largest absolute Gasteiger partial charge is 0.357 e. The molecule has 1 saturated carbocycles. The molecule has 0 bridgehead atoms. The van der Waals surface area contributed by atoms with Crippen LogP contribution in [0.1, 0.15) is 44.9 Å². The Morgan fingerprint density at radius 1 is 1.46 bits per heavy atom. The van der Waals surface area contributed by atoms with E-state index in [9.17, 15) is 0 Å². The number of likely N-dealkylation sites (tertiary alicyclic amines) is 1. The van der Waals surface area contributed by atoms with Crippen molar-refractivity contribution in [1.29, 1.82) is 0 Å². The van der Waals surface area contributed by atoms with Gasteiger partial charge in [0.2, 0.25) is 0 Å². The van der Waals surface area contributed by atoms with Crippen molar-refractivity contribution in [2.24, 2.45) is 10.9 Å². The van der Waals surface area contributed by atoms with Crippen molar-refractivity contribution < 1.29 is 0 Å². The maximum atomic E-state index is 4.85. The van der Waals surface area contributed by atoms with Crippen LogP contribution in [-0.4, -0.2) is 48.6 Å². The number of nitrogens with one attached hydrogen (secondary N) is 2. The molecule has 3 rings (SSSR count). The molecule has 1 aromatic heterocycles. The average Bonchev–Trinajstić information content (AvgIpc) is 3.14. The topological polar surface area (TPSA) is 39.7 Å². The lowest BCUT2D eigenvalue weighted by molar-refractivity contribution is 0.256. The van der Waals surface area contributed by atoms with Crippen LogP contribution < -0.4 is 10.6 Å². The highest BCUT2D eigenvalue weighted by molar-refractivity contribution is 7.09. The molecule has 3 unspecified atom stereocenters. The second-order valence-corrected chi connectivity index (χ2v) is 8.49. The summed E-state index contributed by atoms with van der Waals surface area (Å²) in [5.74, 6) is 1.56. The first-order valence-corrected chi connectivity index (χ1v) is 10.4. The van der Waals surface area contributed by atoms with Gasteiger partial charge in [-0.1, -0.05) is 13.0 Å². The van der Waals surface area contributed by atoms with Crippen LogP contribution in [0.25, 0.3) is 0 Å². The maximum absolute atomic E-state index is 4.85. The average molecular weight is 349 g/mol. The molecule has 1 aliphatic carbocycles. The Balaban J connectivity index is 1.50. The molecule has 0 spiro atoms. The molecule has 4 nitrogen and oxygen atoms in total. The summed E-state index contributed by atoms with van der Waals surface area (Å²) in [5.41, 5.74) is 0. The third-order valence-electron chi connectivity index (χ3n) is 5.01. The van der Waals surface area contributed by atoms with E-state index in [1.807, 2.05) is 11.3 Å². The molecule has 24 heavy (non-hydrogen) atoms. The van der Waals surface area contributed by atoms with Crippen LogP contribution in [-0.2, 0) is 6.42 Å². The molecule has 5 heteroatoms. The van der Waals surface area contributed by atoms with Crippen molar-refractivity contribution in [1.82, 2.24) is 15.5 Å². The lowest BCUT2D eigenvalue weighted by Gasteiger charge is -2.20. The smallest absolute Gasteiger partial charge is 0.191 e. The van der Waals surface area contributed by atoms with Crippen LogP contribution in [0.2, 0.25) is 0 Å². The van der Waals surface area contributed by atoms with Gasteiger partial charge in [-0.25, -0.2) is 0 Å². The van der Waals surface area contributed by atoms with Crippen LogP contribution >= 0.6 is 11.3 Å². The number of rotatable bonds is 7. The Morgan fingerprint density at radius 3 is 2.96 bits per heavy atom. The number of nitrogens with zero attached hydrogens (tertiary/aromatic N) is 2. The van der Waals surface area contributed by atoms with Gasteiger partial charge in [0.25, 0.3) is 0 Å². The first-order chi connectivity index (χ1) is 11.7. The zero-order chi connectivity index (χ0) is 16.9. The lowest BCUT2D eigenvalue weighted by Crippen LogP contribution is -2.45. The van der Waals surface area contributed by atoms with E-state index in [1.54, 1.807) is 0 Å². The van der Waals surface area contributed by atoms with Gasteiger partial charge in [-0.05, 0) is 56.9 Å². The minimum Gasteiger partial charge on any atom is -0.357 e. The van der Waals surface area contributed by atoms with E-state index < -0.39 is 0 Å². The van der Waals surface area contributed by atoms with Gasteiger partial charge in [0.1, 0.15) is 0 Å². The Labute approximate surface area is 150 Å². The SMILES string of the molecule is CCNC(=NCC(C)Cc1cccs1)NC1CC(C)N(C2CC2)C1. The summed E-state index contributed by atoms with van der Waals surface area (Å²) in [7, 11) is 0. The number of aliphatic imine (C=N–C) groups is 1. The van der Waals surface area contributed by atoms with E-state index in [0.29, 0.717) is 18.0 Å². The van der Waals surface area contributed by atoms with Gasteiger partial charge >= 0.3 is 0 Å². The quantitative estimate of drug-likeness (QED) is 0.587. The number of guanidine groups is 1. The zero-order valence-corrected chi connectivity index (χ0v) is 16.1. The van der Waals surface area contributed by atoms with Gasteiger partial charge in [-0.15, -0.1) is 11.3 Å². The minimum atomic E-state index is 0.533. The van der Waals surface area contributed by atoms with Crippen molar-refractivity contribution in [3.63, 3.8) is 0 Å². The molecular weight excluding hydrogens is 316 g/mol. The predicted octanol–water partition coefficient (Wildman–Crippen LogP) is 3.11. The summed E-state index contributed by atoms with van der Waals surface area (Å²) in [6.07, 6.45) is 5.14. The molecular formula is C19H32N4S. The monoisotopic (exact) mass is 348 g/mol. The highest BCUT2D eigenvalue weighted by atomic mass is 32.1. The summed E-state index contributed by atoms with van der Waals surface area (Å²) >= 11 is 1.85. The molecule has 134 valence electrons. The first-order valence-electron chi connectivity index (χ1n) is 9.48. The van der Waals surface area contributed by atoms with Gasteiger partial charge in [-0.2, -0.15) is 0 Å². The van der Waals surface area contributed by atoms with Gasteiger partial charge in [0, 0.05) is 42.6 Å². The minimum absolute atomic E-state index is 0.533. The van der Waals surface area contributed by atoms with E-state index in [4.69, 9.17) is 4.99 Å². The summed E-state index contributed by atoms with van der Waals surface area (Å²) in [6.45, 7) is 9.76. The molecule has 0 radical (unpaired) electrons. The normalized spacial score (nSPS) is 26.5. The van der Waals surface area contributed by atoms with Crippen molar-refractivity contribution in [3.05, 3.63) is 22.4 Å². The molecule has 2 fully saturated rings. The summed E-state index contributed by atoms with van der Waals surface area (Å²) in [6, 6.07) is 6.45. The van der Waals surface area contributed by atoms with Crippen LogP contribution in [0.3, 0.4) is 0 Å². The van der Waals surface area contributed by atoms with Gasteiger partial charge in [0.05, 0.1) is 0 Å². The van der Waals surface area contributed by atoms with Gasteiger partial charge in [-0.3, -0.25) is 9.89 Å². The van der Waals surface area contributed by atoms with E-state index in [-0.39, 0.29) is 0 Å². The summed E-state index contributed by atoms with van der Waals surface area (Å²) < 4.78 is 0. The van der Waals surface area contributed by atoms with Gasteiger partial charge in [0.15, 0.2) is 5.96 Å². The molecule has 2 aliphatic rings. The molecule has 1 saturated heterocycles. The van der Waals surface area contributed by atoms with Crippen molar-refractivity contribution >= 4 is 17.3 Å². The predicted molar refractivity (Wildman–Crippen MR) is 104 cm³/mol. The van der Waals surface area contributed by atoms with Crippen LogP contribution in [0.5, 0.6) is 0 Å². The lowest BCUT2D eigenvalue weighted by atomic mass is 10.1. The number of hydrogen-bond acceptors (Lipinski definition) is 3. The Kier molecular flexibility index (Phi) is 6.17. The molecule has 0 amide bonds. The highest BCUT2D eigenvalue weighted by Gasteiger charge is 2.38.